The molecule has 3 aromatic rings. The van der Waals surface area contributed by atoms with Gasteiger partial charge >= 0.3 is 0 Å². The molecule has 1 N–H and O–H groups in total. The van der Waals surface area contributed by atoms with E-state index in [1.54, 1.807) is 12.1 Å². The van der Waals surface area contributed by atoms with E-state index in [2.05, 4.69) is 23.2 Å². The van der Waals surface area contributed by atoms with Gasteiger partial charge < -0.3 is 5.32 Å². The quantitative estimate of drug-likeness (QED) is 0.558. The fraction of sp³-hybridized carbons (Fsp3) is 0.500. The average molecular weight is 450 g/mol. The lowest BCUT2D eigenvalue weighted by molar-refractivity contribution is -0.121. The van der Waals surface area contributed by atoms with Crippen molar-refractivity contribution >= 4 is 11.6 Å². The van der Waals surface area contributed by atoms with Gasteiger partial charge in [0.1, 0.15) is 5.82 Å². The van der Waals surface area contributed by atoms with Gasteiger partial charge in [-0.25, -0.2) is 13.9 Å². The Morgan fingerprint density at radius 2 is 2.06 bits per heavy atom. The van der Waals surface area contributed by atoms with E-state index in [1.807, 2.05) is 17.5 Å². The second kappa shape index (κ2) is 9.21. The van der Waals surface area contributed by atoms with Gasteiger partial charge in [0.25, 0.3) is 0 Å². The molecule has 1 atom stereocenters. The fourth-order valence-electron chi connectivity index (χ4n) is 5.00. The van der Waals surface area contributed by atoms with E-state index >= 15 is 0 Å². The Labute approximate surface area is 194 Å². The summed E-state index contributed by atoms with van der Waals surface area (Å²) >= 11 is 0. The maximum atomic E-state index is 13.6. The number of halogens is 1. The molecule has 6 nitrogen and oxygen atoms in total. The number of rotatable bonds is 8. The minimum Gasteiger partial charge on any atom is -0.356 e. The van der Waals surface area contributed by atoms with Crippen molar-refractivity contribution < 1.29 is 9.18 Å². The van der Waals surface area contributed by atoms with Crippen LogP contribution in [-0.4, -0.2) is 38.5 Å². The second-order valence-corrected chi connectivity index (χ2v) is 9.61. The molecule has 1 aliphatic carbocycles. The number of aryl methyl sites for hydroxylation is 2. The Bertz CT molecular complexity index is 1170. The number of likely N-dealkylation sites (tertiary alicyclic amines) is 1. The van der Waals surface area contributed by atoms with Crippen molar-refractivity contribution in [2.24, 2.45) is 5.92 Å². The molecule has 1 aromatic carbocycles. The first-order valence-corrected chi connectivity index (χ1v) is 12.1. The Morgan fingerprint density at radius 3 is 2.85 bits per heavy atom. The lowest BCUT2D eigenvalue weighted by atomic mass is 10.1. The average Bonchev–Trinajstić information content (AvgIpc) is 3.34. The lowest BCUT2D eigenvalue weighted by Gasteiger charge is -2.23. The van der Waals surface area contributed by atoms with Crippen LogP contribution < -0.4 is 5.32 Å². The van der Waals surface area contributed by atoms with Gasteiger partial charge in [0.05, 0.1) is 11.7 Å². The van der Waals surface area contributed by atoms with Gasteiger partial charge in [0.2, 0.25) is 5.91 Å². The van der Waals surface area contributed by atoms with Gasteiger partial charge in [0, 0.05) is 37.0 Å². The zero-order valence-electron chi connectivity index (χ0n) is 19.5. The molecule has 174 valence electrons. The molecule has 0 spiro atoms. The van der Waals surface area contributed by atoms with Crippen molar-refractivity contribution in [1.82, 2.24) is 24.8 Å². The number of hydrogen-bond donors (Lipinski definition) is 1. The van der Waals surface area contributed by atoms with Crippen LogP contribution in [0, 0.1) is 25.6 Å². The van der Waals surface area contributed by atoms with Crippen LogP contribution in [0.2, 0.25) is 0 Å². The fourth-order valence-corrected chi connectivity index (χ4v) is 5.00. The number of nitrogens with zero attached hydrogens (tertiary/aromatic N) is 4. The molecule has 1 saturated carbocycles. The number of fused-ring (bicyclic) bond motifs is 1. The highest BCUT2D eigenvalue weighted by Gasteiger charge is 2.29. The number of aromatic nitrogens is 3. The summed E-state index contributed by atoms with van der Waals surface area (Å²) in [5.41, 5.74) is 5.95. The molecule has 33 heavy (non-hydrogen) atoms. The number of amides is 1. The Kier molecular flexibility index (Phi) is 6.15. The van der Waals surface area contributed by atoms with Crippen LogP contribution in [-0.2, 0) is 17.8 Å². The van der Waals surface area contributed by atoms with Crippen molar-refractivity contribution in [3.63, 3.8) is 0 Å². The SMILES string of the molecule is Cc1nc2cc(C3CCCN3Cc3cccc(F)c3)nn2c(C)c1CCC(=O)NCC1CC1. The van der Waals surface area contributed by atoms with Crippen molar-refractivity contribution in [1.29, 1.82) is 0 Å². The smallest absolute Gasteiger partial charge is 0.220 e. The molecular weight excluding hydrogens is 417 g/mol. The summed E-state index contributed by atoms with van der Waals surface area (Å²) in [7, 11) is 0. The highest BCUT2D eigenvalue weighted by Crippen LogP contribution is 2.33. The molecule has 1 amide bonds. The number of carbonyl (C=O) groups excluding carboxylic acids is 1. The first kappa shape index (κ1) is 22.0. The Balaban J connectivity index is 1.33. The summed E-state index contributed by atoms with van der Waals surface area (Å²) in [6.45, 7) is 6.58. The summed E-state index contributed by atoms with van der Waals surface area (Å²) in [6, 6.07) is 9.13. The molecule has 0 bridgehead atoms. The van der Waals surface area contributed by atoms with E-state index in [0.29, 0.717) is 25.3 Å². The second-order valence-electron chi connectivity index (χ2n) is 9.61. The summed E-state index contributed by atoms with van der Waals surface area (Å²) in [5.74, 6) is 0.606. The van der Waals surface area contributed by atoms with Crippen LogP contribution in [0.15, 0.2) is 30.3 Å². The highest BCUT2D eigenvalue weighted by atomic mass is 19.1. The monoisotopic (exact) mass is 449 g/mol. The Hall–Kier alpha value is -2.80. The van der Waals surface area contributed by atoms with Crippen LogP contribution in [0.4, 0.5) is 4.39 Å². The van der Waals surface area contributed by atoms with Gasteiger partial charge in [-0.1, -0.05) is 12.1 Å². The van der Waals surface area contributed by atoms with Crippen LogP contribution in [0.25, 0.3) is 5.65 Å². The predicted molar refractivity (Wildman–Crippen MR) is 125 cm³/mol. The molecule has 2 aliphatic rings. The number of hydrogen-bond acceptors (Lipinski definition) is 4. The molecule has 7 heteroatoms. The molecule has 1 saturated heterocycles. The van der Waals surface area contributed by atoms with Crippen LogP contribution in [0.1, 0.15) is 66.4 Å². The Morgan fingerprint density at radius 1 is 1.21 bits per heavy atom. The van der Waals surface area contributed by atoms with E-state index in [1.165, 1.54) is 18.9 Å². The van der Waals surface area contributed by atoms with Gasteiger partial charge in [0.15, 0.2) is 5.65 Å². The van der Waals surface area contributed by atoms with E-state index in [-0.39, 0.29) is 17.8 Å². The van der Waals surface area contributed by atoms with Gasteiger partial charge in [-0.2, -0.15) is 5.10 Å². The number of benzene rings is 1. The molecule has 5 rings (SSSR count). The first-order chi connectivity index (χ1) is 16.0. The molecule has 0 radical (unpaired) electrons. The van der Waals surface area contributed by atoms with E-state index in [0.717, 1.165) is 59.8 Å². The van der Waals surface area contributed by atoms with E-state index in [9.17, 15) is 9.18 Å². The van der Waals surface area contributed by atoms with Crippen molar-refractivity contribution in [2.75, 3.05) is 13.1 Å². The third kappa shape index (κ3) is 4.93. The minimum atomic E-state index is -0.194. The van der Waals surface area contributed by atoms with Crippen LogP contribution in [0.3, 0.4) is 0 Å². The van der Waals surface area contributed by atoms with Gasteiger partial charge in [-0.05, 0) is 81.7 Å². The first-order valence-electron chi connectivity index (χ1n) is 12.1. The van der Waals surface area contributed by atoms with Crippen molar-refractivity contribution in [2.45, 2.75) is 65.0 Å². The maximum absolute atomic E-state index is 13.6. The minimum absolute atomic E-state index is 0.112. The van der Waals surface area contributed by atoms with E-state index in [4.69, 9.17) is 10.1 Å². The third-order valence-corrected chi connectivity index (χ3v) is 7.05. The topological polar surface area (TPSA) is 62.5 Å². The summed E-state index contributed by atoms with van der Waals surface area (Å²) in [4.78, 5) is 19.4. The molecular formula is C26H32FN5O. The summed E-state index contributed by atoms with van der Waals surface area (Å²) < 4.78 is 15.6. The normalized spacial score (nSPS) is 18.8. The summed E-state index contributed by atoms with van der Waals surface area (Å²) in [5, 5.41) is 7.99. The largest absolute Gasteiger partial charge is 0.356 e. The lowest BCUT2D eigenvalue weighted by Crippen LogP contribution is -2.26. The maximum Gasteiger partial charge on any atom is 0.220 e. The molecule has 1 unspecified atom stereocenters. The molecule has 1 aliphatic heterocycles. The standard InChI is InChI=1S/C26H32FN5O/c1-17-22(10-11-26(33)28-15-19-8-9-19)18(2)32-25(29-17)14-23(30-32)24-7-4-12-31(24)16-20-5-3-6-21(27)13-20/h3,5-6,13-14,19,24H,4,7-12,15-16H2,1-2H3,(H,28,33). The van der Waals surface area contributed by atoms with Crippen LogP contribution in [0.5, 0.6) is 0 Å². The zero-order valence-corrected chi connectivity index (χ0v) is 19.5. The molecule has 2 fully saturated rings. The van der Waals surface area contributed by atoms with E-state index < -0.39 is 0 Å². The van der Waals surface area contributed by atoms with Gasteiger partial charge in [-0.15, -0.1) is 0 Å². The molecule has 3 heterocycles. The zero-order chi connectivity index (χ0) is 22.9. The van der Waals surface area contributed by atoms with Crippen molar-refractivity contribution in [3.8, 4) is 0 Å². The molecule has 2 aromatic heterocycles. The van der Waals surface area contributed by atoms with Crippen molar-refractivity contribution in [3.05, 3.63) is 64.4 Å². The highest BCUT2D eigenvalue weighted by molar-refractivity contribution is 5.76. The van der Waals surface area contributed by atoms with Gasteiger partial charge in [-0.3, -0.25) is 9.69 Å². The number of nitrogens with one attached hydrogen (secondary N) is 1. The number of carbonyl (C=O) groups is 1. The van der Waals surface area contributed by atoms with Crippen LogP contribution >= 0.6 is 0 Å². The third-order valence-electron chi connectivity index (χ3n) is 7.05. The predicted octanol–water partition coefficient (Wildman–Crippen LogP) is 4.28. The summed E-state index contributed by atoms with van der Waals surface area (Å²) in [6.07, 6.45) is 5.75.